The minimum Gasteiger partial charge on any atom is -0.478 e. The number of aromatic carboxylic acids is 1. The van der Waals surface area contributed by atoms with Crippen LogP contribution in [0, 0.1) is 35.5 Å². The molecule has 6 saturated carbocycles. The maximum absolute atomic E-state index is 13.4. The highest BCUT2D eigenvalue weighted by molar-refractivity contribution is 5.92. The first-order valence-electron chi connectivity index (χ1n) is 20.5. The Labute approximate surface area is 276 Å². The summed E-state index contributed by atoms with van der Waals surface area (Å²) in [6.07, 6.45) is 37.2. The van der Waals surface area contributed by atoms with Gasteiger partial charge in [0.25, 0.3) is 0 Å². The van der Waals surface area contributed by atoms with Gasteiger partial charge in [-0.05, 0) is 108 Å². The summed E-state index contributed by atoms with van der Waals surface area (Å²) in [6.45, 7) is 0. The fourth-order valence-electron chi connectivity index (χ4n) is 12.5. The lowest BCUT2D eigenvalue weighted by Crippen LogP contribution is -2.27. The summed E-state index contributed by atoms with van der Waals surface area (Å²) in [5, 5.41) is 11.1. The number of hydrogen-bond acceptors (Lipinski definition) is 1. The number of carboxylic acid groups (broad SMARTS) is 1. The van der Waals surface area contributed by atoms with Crippen molar-refractivity contribution in [2.24, 2.45) is 35.5 Å². The molecule has 1 aromatic carbocycles. The van der Waals surface area contributed by atoms with E-state index in [1.165, 1.54) is 184 Å². The van der Waals surface area contributed by atoms with E-state index in [0.29, 0.717) is 17.8 Å². The minimum atomic E-state index is -0.616. The van der Waals surface area contributed by atoms with Crippen molar-refractivity contribution in [1.82, 2.24) is 0 Å². The zero-order valence-electron chi connectivity index (χ0n) is 28.8. The van der Waals surface area contributed by atoms with Crippen molar-refractivity contribution in [2.45, 2.75) is 191 Å². The van der Waals surface area contributed by atoms with E-state index < -0.39 is 5.97 Å². The van der Waals surface area contributed by atoms with Crippen molar-refractivity contribution < 1.29 is 9.90 Å². The number of carbonyl (C=O) groups is 1. The van der Waals surface area contributed by atoms with E-state index in [2.05, 4.69) is 12.1 Å². The molecule has 2 heteroatoms. The van der Waals surface area contributed by atoms with Crippen molar-refractivity contribution >= 4 is 5.97 Å². The van der Waals surface area contributed by atoms with Crippen LogP contribution in [0.5, 0.6) is 0 Å². The van der Waals surface area contributed by atoms with Gasteiger partial charge in [0, 0.05) is 0 Å². The molecule has 6 atom stereocenters. The Balaban J connectivity index is 1.22. The molecule has 0 spiro atoms. The van der Waals surface area contributed by atoms with Gasteiger partial charge >= 0.3 is 5.97 Å². The maximum Gasteiger partial charge on any atom is 0.336 e. The minimum absolute atomic E-state index is 0.450. The smallest absolute Gasteiger partial charge is 0.336 e. The van der Waals surface area contributed by atoms with Gasteiger partial charge in [-0.15, -0.1) is 0 Å². The fraction of sp³-hybridized carbons (Fsp3) is 0.837. The SMILES string of the molecule is O=C(O)c1c(C2CCCC(C3CCCCC3)C2)cc(C2CCCC(C3CCCCC3)C2)cc1C1CCCC(C2CCCCC2)C1. The van der Waals surface area contributed by atoms with Crippen LogP contribution in [-0.2, 0) is 0 Å². The molecule has 0 saturated heterocycles. The van der Waals surface area contributed by atoms with Crippen LogP contribution in [0.2, 0.25) is 0 Å². The third-order valence-electron chi connectivity index (χ3n) is 14.9. The zero-order chi connectivity index (χ0) is 30.6. The molecule has 1 aromatic rings. The largest absolute Gasteiger partial charge is 0.478 e. The van der Waals surface area contributed by atoms with Crippen molar-refractivity contribution in [2.75, 3.05) is 0 Å². The quantitative estimate of drug-likeness (QED) is 0.332. The number of benzene rings is 1. The predicted molar refractivity (Wildman–Crippen MR) is 187 cm³/mol. The van der Waals surface area contributed by atoms with E-state index in [1.807, 2.05) is 0 Å². The van der Waals surface area contributed by atoms with Crippen LogP contribution in [0.3, 0.4) is 0 Å². The lowest BCUT2D eigenvalue weighted by molar-refractivity contribution is 0.0690. The highest BCUT2D eigenvalue weighted by Gasteiger charge is 2.37. The number of hydrogen-bond donors (Lipinski definition) is 1. The van der Waals surface area contributed by atoms with Crippen molar-refractivity contribution in [3.8, 4) is 0 Å². The molecule has 45 heavy (non-hydrogen) atoms. The molecule has 0 heterocycles. The second kappa shape index (κ2) is 15.3. The first kappa shape index (κ1) is 32.2. The Hall–Kier alpha value is -1.31. The molecule has 2 nitrogen and oxygen atoms in total. The van der Waals surface area contributed by atoms with E-state index in [0.717, 1.165) is 41.1 Å². The van der Waals surface area contributed by atoms with Crippen LogP contribution in [0.25, 0.3) is 0 Å². The lowest BCUT2D eigenvalue weighted by atomic mass is 9.65. The van der Waals surface area contributed by atoms with Gasteiger partial charge < -0.3 is 5.11 Å². The van der Waals surface area contributed by atoms with Crippen LogP contribution >= 0.6 is 0 Å². The summed E-state index contributed by atoms with van der Waals surface area (Å²) in [6, 6.07) is 5.05. The molecule has 0 aromatic heterocycles. The van der Waals surface area contributed by atoms with E-state index in [1.54, 1.807) is 5.56 Å². The van der Waals surface area contributed by atoms with Gasteiger partial charge in [0.15, 0.2) is 0 Å². The van der Waals surface area contributed by atoms with Gasteiger partial charge in [-0.2, -0.15) is 0 Å². The summed E-state index contributed by atoms with van der Waals surface area (Å²) < 4.78 is 0. The third kappa shape index (κ3) is 7.56. The first-order valence-corrected chi connectivity index (χ1v) is 20.5. The second-order valence-corrected chi connectivity index (χ2v) is 17.4. The summed E-state index contributed by atoms with van der Waals surface area (Å²) in [5.74, 6) is 6.17. The van der Waals surface area contributed by atoms with Crippen LogP contribution in [-0.4, -0.2) is 11.1 Å². The van der Waals surface area contributed by atoms with E-state index in [-0.39, 0.29) is 0 Å². The maximum atomic E-state index is 13.4. The molecule has 6 fully saturated rings. The Morgan fingerprint density at radius 3 is 1.13 bits per heavy atom. The molecule has 6 unspecified atom stereocenters. The van der Waals surface area contributed by atoms with Gasteiger partial charge in [-0.25, -0.2) is 4.79 Å². The summed E-state index contributed by atoms with van der Waals surface area (Å²) >= 11 is 0. The average Bonchev–Trinajstić information content (AvgIpc) is 3.12. The van der Waals surface area contributed by atoms with Crippen molar-refractivity contribution in [3.05, 3.63) is 34.4 Å². The second-order valence-electron chi connectivity index (χ2n) is 17.4. The van der Waals surface area contributed by atoms with E-state index in [9.17, 15) is 9.90 Å². The summed E-state index contributed by atoms with van der Waals surface area (Å²) in [5.41, 5.74) is 4.91. The molecule has 0 bridgehead atoms. The number of carboxylic acids is 1. The molecular formula is C43H66O2. The topological polar surface area (TPSA) is 37.3 Å². The average molecular weight is 615 g/mol. The Bertz CT molecular complexity index is 1040. The highest BCUT2D eigenvalue weighted by atomic mass is 16.4. The standard InChI is InChI=1S/C43H66O2/c44-43(45)42-40(37-23-11-20-34(26-37)31-15-6-2-7-16-31)28-39(36-22-10-19-33(25-36)30-13-4-1-5-14-30)29-41(42)38-24-12-21-35(27-38)32-17-8-3-9-18-32/h28-38H,1-27H2,(H,44,45). The van der Waals surface area contributed by atoms with Crippen LogP contribution in [0.4, 0.5) is 0 Å². The third-order valence-corrected chi connectivity index (χ3v) is 14.9. The summed E-state index contributed by atoms with van der Waals surface area (Å²) in [4.78, 5) is 13.4. The molecule has 0 aliphatic heterocycles. The van der Waals surface area contributed by atoms with Gasteiger partial charge in [-0.1, -0.05) is 147 Å². The Morgan fingerprint density at radius 2 is 0.756 bits per heavy atom. The molecule has 0 radical (unpaired) electrons. The molecule has 1 N–H and O–H groups in total. The van der Waals surface area contributed by atoms with E-state index in [4.69, 9.17) is 0 Å². The molecule has 6 aliphatic rings. The molecular weight excluding hydrogens is 548 g/mol. The van der Waals surface area contributed by atoms with Crippen LogP contribution in [0.1, 0.15) is 218 Å². The molecule has 7 rings (SSSR count). The van der Waals surface area contributed by atoms with Gasteiger partial charge in [0.1, 0.15) is 0 Å². The highest BCUT2D eigenvalue weighted by Crippen LogP contribution is 2.51. The van der Waals surface area contributed by atoms with Gasteiger partial charge in [0.05, 0.1) is 5.56 Å². The molecule has 0 amide bonds. The van der Waals surface area contributed by atoms with Crippen LogP contribution < -0.4 is 0 Å². The zero-order valence-corrected chi connectivity index (χ0v) is 28.8. The monoisotopic (exact) mass is 615 g/mol. The fourth-order valence-corrected chi connectivity index (χ4v) is 12.5. The Kier molecular flexibility index (Phi) is 10.9. The predicted octanol–water partition coefficient (Wildman–Crippen LogP) is 12.9. The lowest BCUT2D eigenvalue weighted by Gasteiger charge is -2.40. The number of rotatable bonds is 7. The van der Waals surface area contributed by atoms with Crippen molar-refractivity contribution in [1.29, 1.82) is 0 Å². The van der Waals surface area contributed by atoms with Crippen molar-refractivity contribution in [3.63, 3.8) is 0 Å². The summed E-state index contributed by atoms with van der Waals surface area (Å²) in [7, 11) is 0. The van der Waals surface area contributed by atoms with Crippen LogP contribution in [0.15, 0.2) is 12.1 Å². The molecule has 6 aliphatic carbocycles. The Morgan fingerprint density at radius 1 is 0.422 bits per heavy atom. The van der Waals surface area contributed by atoms with E-state index >= 15 is 0 Å². The molecule has 250 valence electrons. The normalized spacial score (nSPS) is 34.8. The van der Waals surface area contributed by atoms with Gasteiger partial charge in [0.2, 0.25) is 0 Å². The van der Waals surface area contributed by atoms with Gasteiger partial charge in [-0.3, -0.25) is 0 Å². The first-order chi connectivity index (χ1) is 22.1.